The number of hydrogen-bond acceptors (Lipinski definition) is 4. The minimum Gasteiger partial charge on any atom is -0.350 e. The van der Waals surface area contributed by atoms with Gasteiger partial charge in [-0.3, -0.25) is 4.79 Å². The van der Waals surface area contributed by atoms with Gasteiger partial charge in [-0.05, 0) is 17.7 Å². The van der Waals surface area contributed by atoms with E-state index in [1.165, 1.54) is 0 Å². The summed E-state index contributed by atoms with van der Waals surface area (Å²) in [5.74, 6) is -0.229. The van der Waals surface area contributed by atoms with E-state index in [-0.39, 0.29) is 5.91 Å². The quantitative estimate of drug-likeness (QED) is 0.579. The van der Waals surface area contributed by atoms with Crippen LogP contribution in [-0.2, 0) is 13.0 Å². The van der Waals surface area contributed by atoms with Crippen LogP contribution in [0.5, 0.6) is 0 Å². The van der Waals surface area contributed by atoms with Gasteiger partial charge in [0.2, 0.25) is 0 Å². The van der Waals surface area contributed by atoms with Gasteiger partial charge in [0.05, 0.1) is 18.4 Å². The minimum absolute atomic E-state index is 0.229. The number of amides is 1. The Bertz CT molecular complexity index is 988. The molecule has 4 rings (SSSR count). The van der Waals surface area contributed by atoms with E-state index in [0.717, 1.165) is 16.9 Å². The molecule has 0 fully saturated rings. The average molecular weight is 346 g/mol. The molecule has 1 N–H and O–H groups in total. The van der Waals surface area contributed by atoms with Gasteiger partial charge in [0.1, 0.15) is 5.65 Å². The summed E-state index contributed by atoms with van der Waals surface area (Å²) in [5.41, 5.74) is 3.26. The Balaban J connectivity index is 1.32. The van der Waals surface area contributed by atoms with Crippen molar-refractivity contribution in [2.24, 2.45) is 0 Å². The first kappa shape index (κ1) is 16.0. The molecule has 3 heterocycles. The van der Waals surface area contributed by atoms with E-state index in [1.54, 1.807) is 10.9 Å². The van der Waals surface area contributed by atoms with Crippen LogP contribution in [0.15, 0.2) is 67.1 Å². The second-order valence-corrected chi connectivity index (χ2v) is 5.99. The van der Waals surface area contributed by atoms with E-state index in [9.17, 15) is 4.79 Å². The van der Waals surface area contributed by atoms with Crippen LogP contribution < -0.4 is 5.32 Å². The summed E-state index contributed by atoms with van der Waals surface area (Å²) in [5, 5.41) is 10.8. The zero-order valence-corrected chi connectivity index (χ0v) is 14.1. The Kier molecular flexibility index (Phi) is 4.42. The smallest absolute Gasteiger partial charge is 0.273 e. The maximum Gasteiger partial charge on any atom is 0.273 e. The third-order valence-electron chi connectivity index (χ3n) is 4.04. The Morgan fingerprint density at radius 2 is 1.88 bits per heavy atom. The highest BCUT2D eigenvalue weighted by Gasteiger charge is 2.11. The molecule has 0 aliphatic heterocycles. The highest BCUT2D eigenvalue weighted by Crippen LogP contribution is 2.05. The van der Waals surface area contributed by atoms with Crippen LogP contribution in [0.2, 0.25) is 0 Å². The van der Waals surface area contributed by atoms with Crippen LogP contribution >= 0.6 is 0 Å². The lowest BCUT2D eigenvalue weighted by atomic mass is 10.2. The van der Waals surface area contributed by atoms with Crippen molar-refractivity contribution in [2.45, 2.75) is 13.0 Å². The first-order chi connectivity index (χ1) is 12.8. The number of aromatic nitrogens is 5. The normalized spacial score (nSPS) is 10.9. The Morgan fingerprint density at radius 1 is 1.04 bits per heavy atom. The van der Waals surface area contributed by atoms with Gasteiger partial charge in [-0.25, -0.2) is 9.67 Å². The van der Waals surface area contributed by atoms with Crippen molar-refractivity contribution in [1.29, 1.82) is 0 Å². The predicted octanol–water partition coefficient (Wildman–Crippen LogP) is 1.95. The number of imidazole rings is 1. The molecule has 0 saturated carbocycles. The molecule has 7 nitrogen and oxygen atoms in total. The maximum atomic E-state index is 12.2. The summed E-state index contributed by atoms with van der Waals surface area (Å²) in [7, 11) is 0. The van der Waals surface area contributed by atoms with E-state index in [1.807, 2.05) is 65.3 Å². The van der Waals surface area contributed by atoms with Crippen LogP contribution in [0.3, 0.4) is 0 Å². The van der Waals surface area contributed by atoms with E-state index < -0.39 is 0 Å². The molecule has 0 spiro atoms. The summed E-state index contributed by atoms with van der Waals surface area (Å²) in [6.07, 6.45) is 6.24. The van der Waals surface area contributed by atoms with Crippen LogP contribution in [0.25, 0.3) is 5.65 Å². The number of hydrogen-bond donors (Lipinski definition) is 1. The minimum atomic E-state index is -0.229. The molecule has 0 radical (unpaired) electrons. The van der Waals surface area contributed by atoms with E-state index in [0.29, 0.717) is 25.2 Å². The molecule has 0 atom stereocenters. The van der Waals surface area contributed by atoms with Crippen LogP contribution in [0, 0.1) is 0 Å². The lowest BCUT2D eigenvalue weighted by molar-refractivity contribution is 0.0949. The second-order valence-electron chi connectivity index (χ2n) is 5.99. The fourth-order valence-corrected chi connectivity index (χ4v) is 2.75. The molecule has 26 heavy (non-hydrogen) atoms. The van der Waals surface area contributed by atoms with Crippen LogP contribution in [0.4, 0.5) is 0 Å². The number of nitrogens with one attached hydrogen (secondary N) is 1. The predicted molar refractivity (Wildman–Crippen MR) is 96.8 cm³/mol. The van der Waals surface area contributed by atoms with Gasteiger partial charge in [0.25, 0.3) is 5.91 Å². The van der Waals surface area contributed by atoms with Gasteiger partial charge in [0, 0.05) is 25.4 Å². The topological polar surface area (TPSA) is 77.1 Å². The maximum absolute atomic E-state index is 12.2. The summed E-state index contributed by atoms with van der Waals surface area (Å²) in [6.45, 7) is 1.08. The fourth-order valence-electron chi connectivity index (χ4n) is 2.75. The van der Waals surface area contributed by atoms with Crippen molar-refractivity contribution < 1.29 is 4.79 Å². The summed E-state index contributed by atoms with van der Waals surface area (Å²) in [6, 6.07) is 15.8. The average Bonchev–Trinajstić information content (AvgIpc) is 3.29. The van der Waals surface area contributed by atoms with Crippen molar-refractivity contribution in [3.63, 3.8) is 0 Å². The number of carbonyl (C=O) groups is 1. The fraction of sp³-hybridized carbons (Fsp3) is 0.158. The molecule has 4 aromatic rings. The highest BCUT2D eigenvalue weighted by molar-refractivity contribution is 5.91. The number of benzene rings is 1. The number of carbonyl (C=O) groups excluding carboxylic acids is 1. The number of rotatable bonds is 6. The van der Waals surface area contributed by atoms with Gasteiger partial charge in [0.15, 0.2) is 5.69 Å². The molecule has 0 aliphatic rings. The Hall–Kier alpha value is -3.48. The molecule has 0 unspecified atom stereocenters. The molecular weight excluding hydrogens is 328 g/mol. The van der Waals surface area contributed by atoms with Crippen molar-refractivity contribution in [3.8, 4) is 0 Å². The standard InChI is InChI=1S/C19H18N6O/c26-19(17-14-25(23-22-17)12-15-6-2-1-3-7-15)20-10-9-16-13-24-11-5-4-8-18(24)21-16/h1-8,11,13-14H,9-10,12H2,(H,20,26). The molecule has 1 aromatic carbocycles. The number of nitrogens with zero attached hydrogens (tertiary/aromatic N) is 5. The van der Waals surface area contributed by atoms with Crippen molar-refractivity contribution in [3.05, 3.63) is 84.1 Å². The van der Waals surface area contributed by atoms with Gasteiger partial charge in [-0.15, -0.1) is 5.10 Å². The zero-order chi connectivity index (χ0) is 17.8. The SMILES string of the molecule is O=C(NCCc1cn2ccccc2n1)c1cn(Cc2ccccc2)nn1. The number of fused-ring (bicyclic) bond motifs is 1. The molecule has 0 bridgehead atoms. The second kappa shape index (κ2) is 7.18. The third kappa shape index (κ3) is 3.61. The van der Waals surface area contributed by atoms with Gasteiger partial charge < -0.3 is 9.72 Å². The van der Waals surface area contributed by atoms with Gasteiger partial charge in [-0.2, -0.15) is 0 Å². The first-order valence-electron chi connectivity index (χ1n) is 8.43. The molecule has 0 saturated heterocycles. The van der Waals surface area contributed by atoms with Crippen LogP contribution in [0.1, 0.15) is 21.7 Å². The largest absolute Gasteiger partial charge is 0.350 e. The van der Waals surface area contributed by atoms with Crippen molar-refractivity contribution in [1.82, 2.24) is 29.7 Å². The molecule has 1 amide bonds. The Labute approximate surface area is 150 Å². The summed E-state index contributed by atoms with van der Waals surface area (Å²) in [4.78, 5) is 16.7. The lowest BCUT2D eigenvalue weighted by Crippen LogP contribution is -2.26. The molecular formula is C19H18N6O. The first-order valence-corrected chi connectivity index (χ1v) is 8.43. The third-order valence-corrected chi connectivity index (χ3v) is 4.04. The Morgan fingerprint density at radius 3 is 2.73 bits per heavy atom. The monoisotopic (exact) mass is 346 g/mol. The zero-order valence-electron chi connectivity index (χ0n) is 14.1. The molecule has 7 heteroatoms. The molecule has 130 valence electrons. The van der Waals surface area contributed by atoms with Gasteiger partial charge >= 0.3 is 0 Å². The molecule has 0 aliphatic carbocycles. The summed E-state index contributed by atoms with van der Waals surface area (Å²) >= 11 is 0. The van der Waals surface area contributed by atoms with E-state index in [4.69, 9.17) is 0 Å². The summed E-state index contributed by atoms with van der Waals surface area (Å²) < 4.78 is 3.62. The van der Waals surface area contributed by atoms with Gasteiger partial charge in [-0.1, -0.05) is 41.6 Å². The lowest BCUT2D eigenvalue weighted by Gasteiger charge is -2.01. The highest BCUT2D eigenvalue weighted by atomic mass is 16.2. The molecule has 3 aromatic heterocycles. The van der Waals surface area contributed by atoms with E-state index >= 15 is 0 Å². The number of pyridine rings is 1. The van der Waals surface area contributed by atoms with Crippen molar-refractivity contribution >= 4 is 11.6 Å². The van der Waals surface area contributed by atoms with Crippen LogP contribution in [-0.4, -0.2) is 36.8 Å². The van der Waals surface area contributed by atoms with Crippen molar-refractivity contribution in [2.75, 3.05) is 6.54 Å². The van der Waals surface area contributed by atoms with E-state index in [2.05, 4.69) is 20.6 Å².